The Kier molecular flexibility index (Phi) is 4.48. The van der Waals surface area contributed by atoms with E-state index in [2.05, 4.69) is 32.7 Å². The van der Waals surface area contributed by atoms with Gasteiger partial charge in [-0.15, -0.1) is 11.3 Å². The molecule has 2 bridgehead atoms. The maximum Gasteiger partial charge on any atom is 0.222 e. The highest BCUT2D eigenvalue weighted by atomic mass is 79.9. The van der Waals surface area contributed by atoms with Gasteiger partial charge in [0.15, 0.2) is 0 Å². The largest absolute Gasteiger partial charge is 0.341 e. The van der Waals surface area contributed by atoms with Crippen molar-refractivity contribution in [2.24, 2.45) is 5.92 Å². The normalized spacial score (nSPS) is 28.6. The summed E-state index contributed by atoms with van der Waals surface area (Å²) < 4.78 is 1.13. The number of nitrogens with zero attached hydrogens (tertiary/aromatic N) is 1. The maximum absolute atomic E-state index is 12.4. The summed E-state index contributed by atoms with van der Waals surface area (Å²) in [7, 11) is 1.92. The van der Waals surface area contributed by atoms with Gasteiger partial charge in [0, 0.05) is 32.1 Å². The third-order valence-corrected chi connectivity index (χ3v) is 6.05. The second kappa shape index (κ2) is 6.16. The highest BCUT2D eigenvalue weighted by molar-refractivity contribution is 9.11. The monoisotopic (exact) mass is 356 g/mol. The molecule has 1 amide bonds. The van der Waals surface area contributed by atoms with Gasteiger partial charge >= 0.3 is 0 Å². The van der Waals surface area contributed by atoms with Crippen molar-refractivity contribution in [3.63, 3.8) is 0 Å². The van der Waals surface area contributed by atoms with E-state index in [0.717, 1.165) is 16.8 Å². The molecule has 3 rings (SSSR count). The fraction of sp³-hybridized carbons (Fsp3) is 0.667. The third kappa shape index (κ3) is 3.43. The molecular weight excluding hydrogens is 336 g/mol. The van der Waals surface area contributed by atoms with Gasteiger partial charge in [0.05, 0.1) is 3.79 Å². The lowest BCUT2D eigenvalue weighted by molar-refractivity contribution is -0.131. The van der Waals surface area contributed by atoms with E-state index in [4.69, 9.17) is 0 Å². The standard InChI is InChI=1S/C15H21BrN2OS/c1-18(8-11-6-14(16)20-9-11)15(19)7-10-4-12-2-3-13(5-10)17-12/h6,9-10,12-13,17H,2-5,7-8H2,1H3. The van der Waals surface area contributed by atoms with Crippen LogP contribution in [-0.2, 0) is 11.3 Å². The van der Waals surface area contributed by atoms with Gasteiger partial charge in [0.25, 0.3) is 0 Å². The molecule has 0 aromatic carbocycles. The summed E-state index contributed by atoms with van der Waals surface area (Å²) >= 11 is 5.14. The summed E-state index contributed by atoms with van der Waals surface area (Å²) in [5.74, 6) is 0.872. The van der Waals surface area contributed by atoms with E-state index in [1.165, 1.54) is 31.2 Å². The van der Waals surface area contributed by atoms with Gasteiger partial charge < -0.3 is 10.2 Å². The molecule has 0 radical (unpaired) electrons. The second-order valence-corrected chi connectivity index (χ2v) is 8.48. The summed E-state index contributed by atoms with van der Waals surface area (Å²) in [6, 6.07) is 3.44. The quantitative estimate of drug-likeness (QED) is 0.896. The molecule has 2 atom stereocenters. The predicted molar refractivity (Wildman–Crippen MR) is 85.8 cm³/mol. The Bertz CT molecular complexity index is 478. The molecule has 2 fully saturated rings. The fourth-order valence-electron chi connectivity index (χ4n) is 3.54. The molecule has 0 aliphatic carbocycles. The van der Waals surface area contributed by atoms with E-state index in [0.29, 0.717) is 23.9 Å². The van der Waals surface area contributed by atoms with E-state index in [1.54, 1.807) is 11.3 Å². The first kappa shape index (κ1) is 14.5. The number of carbonyl (C=O) groups excluding carboxylic acids is 1. The molecule has 110 valence electrons. The number of rotatable bonds is 4. The van der Waals surface area contributed by atoms with Crippen LogP contribution in [0.25, 0.3) is 0 Å². The van der Waals surface area contributed by atoms with E-state index >= 15 is 0 Å². The minimum absolute atomic E-state index is 0.290. The van der Waals surface area contributed by atoms with Crippen LogP contribution in [0.5, 0.6) is 0 Å². The van der Waals surface area contributed by atoms with Crippen LogP contribution in [-0.4, -0.2) is 29.9 Å². The summed E-state index contributed by atoms with van der Waals surface area (Å²) in [5, 5.41) is 5.75. The number of hydrogen-bond donors (Lipinski definition) is 1. The highest BCUT2D eigenvalue weighted by Crippen LogP contribution is 2.33. The van der Waals surface area contributed by atoms with Gasteiger partial charge in [-0.25, -0.2) is 0 Å². The molecule has 3 heterocycles. The summed E-state index contributed by atoms with van der Waals surface area (Å²) in [6.07, 6.45) is 5.68. The zero-order valence-corrected chi connectivity index (χ0v) is 14.2. The number of fused-ring (bicyclic) bond motifs is 2. The number of piperidine rings is 1. The number of halogens is 1. The third-order valence-electron chi connectivity index (χ3n) is 4.50. The molecule has 1 aromatic rings. The Balaban J connectivity index is 1.51. The first-order valence-corrected chi connectivity index (χ1v) is 9.00. The van der Waals surface area contributed by atoms with Gasteiger partial charge in [0.2, 0.25) is 5.91 Å². The molecule has 2 aliphatic heterocycles. The lowest BCUT2D eigenvalue weighted by Gasteiger charge is -2.29. The molecule has 0 saturated carbocycles. The van der Waals surface area contributed by atoms with E-state index in [-0.39, 0.29) is 0 Å². The number of amides is 1. The number of hydrogen-bond acceptors (Lipinski definition) is 3. The topological polar surface area (TPSA) is 32.3 Å². The van der Waals surface area contributed by atoms with Crippen molar-refractivity contribution < 1.29 is 4.79 Å². The van der Waals surface area contributed by atoms with Crippen molar-refractivity contribution in [3.8, 4) is 0 Å². The summed E-state index contributed by atoms with van der Waals surface area (Å²) in [5.41, 5.74) is 1.21. The molecule has 1 N–H and O–H groups in total. The molecule has 20 heavy (non-hydrogen) atoms. The van der Waals surface area contributed by atoms with E-state index < -0.39 is 0 Å². The van der Waals surface area contributed by atoms with Crippen molar-refractivity contribution in [2.75, 3.05) is 7.05 Å². The first-order chi connectivity index (χ1) is 9.60. The fourth-order valence-corrected chi connectivity index (χ4v) is 4.74. The zero-order chi connectivity index (χ0) is 14.1. The zero-order valence-electron chi connectivity index (χ0n) is 11.8. The van der Waals surface area contributed by atoms with Crippen LogP contribution in [0.15, 0.2) is 15.2 Å². The summed E-state index contributed by atoms with van der Waals surface area (Å²) in [4.78, 5) is 14.2. The van der Waals surface area contributed by atoms with Gasteiger partial charge in [0.1, 0.15) is 0 Å². The lowest BCUT2D eigenvalue weighted by atomic mass is 9.89. The van der Waals surface area contributed by atoms with Crippen LogP contribution in [0.4, 0.5) is 0 Å². The second-order valence-electron chi connectivity index (χ2n) is 6.19. The first-order valence-electron chi connectivity index (χ1n) is 7.33. The van der Waals surface area contributed by atoms with E-state index in [1.807, 2.05) is 11.9 Å². The minimum atomic E-state index is 0.290. The molecule has 5 heteroatoms. The Labute approximate surface area is 132 Å². The molecular formula is C15H21BrN2OS. The number of thiophene rings is 1. The van der Waals surface area contributed by atoms with Crippen molar-refractivity contribution in [1.29, 1.82) is 0 Å². The highest BCUT2D eigenvalue weighted by Gasteiger charge is 2.34. The van der Waals surface area contributed by atoms with Crippen LogP contribution in [0.1, 0.15) is 37.7 Å². The van der Waals surface area contributed by atoms with Crippen LogP contribution in [0.3, 0.4) is 0 Å². The van der Waals surface area contributed by atoms with E-state index in [9.17, 15) is 4.79 Å². The van der Waals surface area contributed by atoms with Crippen molar-refractivity contribution in [1.82, 2.24) is 10.2 Å². The number of carbonyl (C=O) groups is 1. The van der Waals surface area contributed by atoms with Crippen LogP contribution >= 0.6 is 27.3 Å². The van der Waals surface area contributed by atoms with Gasteiger partial charge in [-0.1, -0.05) is 0 Å². The lowest BCUT2D eigenvalue weighted by Crippen LogP contribution is -2.39. The maximum atomic E-state index is 12.4. The van der Waals surface area contributed by atoms with Crippen LogP contribution in [0, 0.1) is 5.92 Å². The Morgan fingerprint density at radius 1 is 1.45 bits per heavy atom. The van der Waals surface area contributed by atoms with Crippen LogP contribution < -0.4 is 5.32 Å². The average Bonchev–Trinajstić information content (AvgIpc) is 2.95. The molecule has 2 unspecified atom stereocenters. The van der Waals surface area contributed by atoms with Gasteiger partial charge in [-0.05, 0) is 64.5 Å². The average molecular weight is 357 g/mol. The van der Waals surface area contributed by atoms with Crippen LogP contribution in [0.2, 0.25) is 0 Å². The van der Waals surface area contributed by atoms with Crippen molar-refractivity contribution >= 4 is 33.2 Å². The number of nitrogens with one attached hydrogen (secondary N) is 1. The Morgan fingerprint density at radius 3 is 2.75 bits per heavy atom. The summed E-state index contributed by atoms with van der Waals surface area (Å²) in [6.45, 7) is 0.721. The molecule has 2 saturated heterocycles. The molecule has 2 aliphatic rings. The molecule has 1 aromatic heterocycles. The van der Waals surface area contributed by atoms with Crippen molar-refractivity contribution in [3.05, 3.63) is 20.8 Å². The Hall–Kier alpha value is -0.390. The predicted octanol–water partition coefficient (Wildman–Crippen LogP) is 3.39. The smallest absolute Gasteiger partial charge is 0.222 e. The Morgan fingerprint density at radius 2 is 2.15 bits per heavy atom. The minimum Gasteiger partial charge on any atom is -0.341 e. The van der Waals surface area contributed by atoms with Crippen molar-refractivity contribution in [2.45, 2.75) is 50.7 Å². The molecule has 3 nitrogen and oxygen atoms in total. The van der Waals surface area contributed by atoms with Gasteiger partial charge in [-0.2, -0.15) is 0 Å². The molecule has 0 spiro atoms. The SMILES string of the molecule is CN(Cc1csc(Br)c1)C(=O)CC1CC2CCC(C1)N2. The van der Waals surface area contributed by atoms with Gasteiger partial charge in [-0.3, -0.25) is 4.79 Å².